The van der Waals surface area contributed by atoms with Crippen molar-refractivity contribution in [3.05, 3.63) is 29.3 Å². The van der Waals surface area contributed by atoms with Crippen LogP contribution in [0.5, 0.6) is 0 Å². The van der Waals surface area contributed by atoms with E-state index in [9.17, 15) is 8.42 Å². The third-order valence-corrected chi connectivity index (χ3v) is 4.06. The highest BCUT2D eigenvalue weighted by molar-refractivity contribution is 8.13. The highest BCUT2D eigenvalue weighted by Gasteiger charge is 2.15. The van der Waals surface area contributed by atoms with Gasteiger partial charge in [-0.05, 0) is 30.0 Å². The molecule has 88 valence electrons. The van der Waals surface area contributed by atoms with Gasteiger partial charge in [-0.25, -0.2) is 8.42 Å². The molecule has 3 nitrogen and oxygen atoms in total. The summed E-state index contributed by atoms with van der Waals surface area (Å²) in [6.45, 7) is 1.03. The molecule has 5 heteroatoms. The van der Waals surface area contributed by atoms with Crippen molar-refractivity contribution in [1.82, 2.24) is 0 Å². The van der Waals surface area contributed by atoms with E-state index in [2.05, 4.69) is 24.1 Å². The lowest BCUT2D eigenvalue weighted by atomic mass is 10.1. The van der Waals surface area contributed by atoms with Crippen LogP contribution in [0, 0.1) is 0 Å². The van der Waals surface area contributed by atoms with Gasteiger partial charge >= 0.3 is 0 Å². The molecule has 0 amide bonds. The maximum absolute atomic E-state index is 10.8. The van der Waals surface area contributed by atoms with E-state index in [-0.39, 0.29) is 5.75 Å². The average molecular weight is 260 g/mol. The number of nitrogens with zero attached hydrogens (tertiary/aromatic N) is 1. The fraction of sp³-hybridized carbons (Fsp3) is 0.455. The Morgan fingerprint density at radius 2 is 2.19 bits per heavy atom. The van der Waals surface area contributed by atoms with Gasteiger partial charge in [-0.1, -0.05) is 12.1 Å². The Bertz CT molecular complexity index is 499. The van der Waals surface area contributed by atoms with Crippen LogP contribution in [0.15, 0.2) is 18.2 Å². The molecule has 0 atom stereocenters. The number of hydrogen-bond donors (Lipinski definition) is 0. The predicted molar refractivity (Wildman–Crippen MR) is 66.8 cm³/mol. The van der Waals surface area contributed by atoms with Crippen LogP contribution in [0.3, 0.4) is 0 Å². The zero-order valence-electron chi connectivity index (χ0n) is 9.11. The number of aryl methyl sites for hydroxylation is 1. The van der Waals surface area contributed by atoms with Crippen molar-refractivity contribution in [3.63, 3.8) is 0 Å². The van der Waals surface area contributed by atoms with Gasteiger partial charge in [-0.2, -0.15) is 0 Å². The van der Waals surface area contributed by atoms with Gasteiger partial charge in [0.05, 0.1) is 5.75 Å². The van der Waals surface area contributed by atoms with Gasteiger partial charge in [-0.3, -0.25) is 0 Å². The fourth-order valence-corrected chi connectivity index (χ4v) is 2.73. The van der Waals surface area contributed by atoms with E-state index < -0.39 is 9.05 Å². The second-order valence-electron chi connectivity index (χ2n) is 4.13. The Kier molecular flexibility index (Phi) is 3.13. The molecule has 1 aromatic carbocycles. The summed E-state index contributed by atoms with van der Waals surface area (Å²) in [5, 5.41) is 0. The van der Waals surface area contributed by atoms with Gasteiger partial charge < -0.3 is 4.90 Å². The van der Waals surface area contributed by atoms with E-state index in [1.807, 2.05) is 6.07 Å². The van der Waals surface area contributed by atoms with Crippen LogP contribution in [0.1, 0.15) is 11.1 Å². The van der Waals surface area contributed by atoms with Crippen molar-refractivity contribution >= 4 is 25.4 Å². The smallest absolute Gasteiger partial charge is 0.232 e. The van der Waals surface area contributed by atoms with Crippen LogP contribution in [0.4, 0.5) is 5.69 Å². The maximum atomic E-state index is 10.8. The molecule has 16 heavy (non-hydrogen) atoms. The van der Waals surface area contributed by atoms with E-state index in [1.54, 1.807) is 0 Å². The molecule has 1 aliphatic heterocycles. The summed E-state index contributed by atoms with van der Waals surface area (Å²) in [5.74, 6) is 0.00316. The van der Waals surface area contributed by atoms with Crippen LogP contribution >= 0.6 is 10.7 Å². The van der Waals surface area contributed by atoms with Crippen LogP contribution in [-0.4, -0.2) is 27.8 Å². The van der Waals surface area contributed by atoms with Crippen molar-refractivity contribution in [2.45, 2.75) is 12.8 Å². The first-order chi connectivity index (χ1) is 7.46. The van der Waals surface area contributed by atoms with Gasteiger partial charge in [-0.15, -0.1) is 0 Å². The van der Waals surface area contributed by atoms with Crippen LogP contribution in [-0.2, 0) is 21.9 Å². The molecule has 2 rings (SSSR count). The Hall–Kier alpha value is -0.740. The number of rotatable bonds is 3. The maximum Gasteiger partial charge on any atom is 0.232 e. The standard InChI is InChI=1S/C11H14ClNO2S/c1-13-6-4-10-8-9(2-3-11(10)13)5-7-16(12,14)15/h2-3,8H,4-7H2,1H3. The van der Waals surface area contributed by atoms with Crippen molar-refractivity contribution in [2.24, 2.45) is 0 Å². The zero-order chi connectivity index (χ0) is 11.8. The highest BCUT2D eigenvalue weighted by atomic mass is 35.7. The van der Waals surface area contributed by atoms with Crippen LogP contribution in [0.25, 0.3) is 0 Å². The number of fused-ring (bicyclic) bond motifs is 1. The molecule has 0 unspecified atom stereocenters. The molecule has 0 saturated carbocycles. The second-order valence-corrected chi connectivity index (χ2v) is 7.02. The first-order valence-corrected chi connectivity index (χ1v) is 7.69. The van der Waals surface area contributed by atoms with Gasteiger partial charge in [0.15, 0.2) is 0 Å². The summed E-state index contributed by atoms with van der Waals surface area (Å²) in [5.41, 5.74) is 3.59. The second kappa shape index (κ2) is 4.26. The van der Waals surface area contributed by atoms with E-state index in [4.69, 9.17) is 10.7 Å². The topological polar surface area (TPSA) is 37.4 Å². The summed E-state index contributed by atoms with van der Waals surface area (Å²) in [6.07, 6.45) is 1.52. The molecular weight excluding hydrogens is 246 g/mol. The predicted octanol–water partition coefficient (Wildman–Crippen LogP) is 1.79. The summed E-state index contributed by atoms with van der Waals surface area (Å²) in [6, 6.07) is 6.11. The summed E-state index contributed by atoms with van der Waals surface area (Å²) in [7, 11) is 3.87. The lowest BCUT2D eigenvalue weighted by molar-refractivity contribution is 0.609. The molecule has 0 N–H and O–H groups in total. The largest absolute Gasteiger partial charge is 0.374 e. The molecule has 0 radical (unpaired) electrons. The van der Waals surface area contributed by atoms with E-state index in [0.29, 0.717) is 6.42 Å². The van der Waals surface area contributed by atoms with Crippen LogP contribution in [0.2, 0.25) is 0 Å². The van der Waals surface area contributed by atoms with Crippen molar-refractivity contribution < 1.29 is 8.42 Å². The average Bonchev–Trinajstić information content (AvgIpc) is 2.56. The fourth-order valence-electron chi connectivity index (χ4n) is 2.02. The number of benzene rings is 1. The quantitative estimate of drug-likeness (QED) is 0.777. The molecule has 0 aromatic heterocycles. The molecule has 1 heterocycles. The molecule has 0 bridgehead atoms. The molecule has 1 aliphatic rings. The normalized spacial score (nSPS) is 15.2. The minimum atomic E-state index is -3.39. The number of halogens is 1. The minimum Gasteiger partial charge on any atom is -0.374 e. The molecule has 1 aromatic rings. The SMILES string of the molecule is CN1CCc2cc(CCS(=O)(=O)Cl)ccc21. The van der Waals surface area contributed by atoms with E-state index >= 15 is 0 Å². The Morgan fingerprint density at radius 1 is 1.44 bits per heavy atom. The summed E-state index contributed by atoms with van der Waals surface area (Å²) in [4.78, 5) is 2.21. The molecule has 0 aliphatic carbocycles. The number of likely N-dealkylation sites (N-methyl/N-ethyl adjacent to an activating group) is 1. The Morgan fingerprint density at radius 3 is 2.88 bits per heavy atom. The molecule has 0 spiro atoms. The first kappa shape index (κ1) is 11.7. The molecule has 0 saturated heterocycles. The summed E-state index contributed by atoms with van der Waals surface area (Å²) < 4.78 is 21.7. The van der Waals surface area contributed by atoms with Crippen molar-refractivity contribution in [1.29, 1.82) is 0 Å². The number of hydrogen-bond acceptors (Lipinski definition) is 3. The molecular formula is C11H14ClNO2S. The van der Waals surface area contributed by atoms with Gasteiger partial charge in [0.2, 0.25) is 9.05 Å². The van der Waals surface area contributed by atoms with Gasteiger partial charge in [0.25, 0.3) is 0 Å². The van der Waals surface area contributed by atoms with Crippen molar-refractivity contribution in [3.8, 4) is 0 Å². The Labute approximate surface area is 100 Å². The van der Waals surface area contributed by atoms with Crippen molar-refractivity contribution in [2.75, 3.05) is 24.2 Å². The third-order valence-electron chi connectivity index (χ3n) is 2.91. The van der Waals surface area contributed by atoms with Gasteiger partial charge in [0, 0.05) is 30.0 Å². The van der Waals surface area contributed by atoms with Gasteiger partial charge in [0.1, 0.15) is 0 Å². The van der Waals surface area contributed by atoms with E-state index in [0.717, 1.165) is 18.5 Å². The highest BCUT2D eigenvalue weighted by Crippen LogP contribution is 2.27. The van der Waals surface area contributed by atoms with Crippen LogP contribution < -0.4 is 4.90 Å². The minimum absolute atomic E-state index is 0.00316. The zero-order valence-corrected chi connectivity index (χ0v) is 10.7. The molecule has 0 fully saturated rings. The van der Waals surface area contributed by atoms with E-state index in [1.165, 1.54) is 11.3 Å². The number of anilines is 1. The first-order valence-electron chi connectivity index (χ1n) is 5.21. The lowest BCUT2D eigenvalue weighted by Crippen LogP contribution is -2.12. The summed E-state index contributed by atoms with van der Waals surface area (Å²) >= 11 is 0. The third kappa shape index (κ3) is 2.68. The Balaban J connectivity index is 2.14. The monoisotopic (exact) mass is 259 g/mol. The lowest BCUT2D eigenvalue weighted by Gasteiger charge is -2.11.